The SMILES string of the molecule is CN=C1SCC[NH+]1CCBr.[Br-]. The fourth-order valence-electron chi connectivity index (χ4n) is 1.05. The zero-order valence-electron chi connectivity index (χ0n) is 6.44. The van der Waals surface area contributed by atoms with Crippen LogP contribution in [0.5, 0.6) is 0 Å². The fraction of sp³-hybridized carbons (Fsp3) is 0.833. The van der Waals surface area contributed by atoms with Crippen molar-refractivity contribution in [1.29, 1.82) is 0 Å². The fourth-order valence-corrected chi connectivity index (χ4v) is 2.61. The van der Waals surface area contributed by atoms with Gasteiger partial charge in [-0.1, -0.05) is 15.9 Å². The van der Waals surface area contributed by atoms with Crippen LogP contribution in [0, 0.1) is 0 Å². The monoisotopic (exact) mass is 302 g/mol. The highest BCUT2D eigenvalue weighted by Crippen LogP contribution is 2.01. The molecule has 1 saturated heterocycles. The molecule has 2 nitrogen and oxygen atoms in total. The number of halogens is 2. The van der Waals surface area contributed by atoms with Crippen molar-refractivity contribution in [1.82, 2.24) is 0 Å². The van der Waals surface area contributed by atoms with Crippen LogP contribution in [0.3, 0.4) is 0 Å². The summed E-state index contributed by atoms with van der Waals surface area (Å²) in [6.45, 7) is 2.41. The molecule has 0 aromatic carbocycles. The van der Waals surface area contributed by atoms with Crippen LogP contribution in [0.2, 0.25) is 0 Å². The summed E-state index contributed by atoms with van der Waals surface area (Å²) in [5.41, 5.74) is 0. The van der Waals surface area contributed by atoms with E-state index in [1.54, 1.807) is 0 Å². The van der Waals surface area contributed by atoms with Gasteiger partial charge in [-0.3, -0.25) is 4.90 Å². The van der Waals surface area contributed by atoms with Gasteiger partial charge in [0.05, 0.1) is 24.2 Å². The summed E-state index contributed by atoms with van der Waals surface area (Å²) in [4.78, 5) is 5.74. The van der Waals surface area contributed by atoms with E-state index in [1.807, 2.05) is 18.8 Å². The molecule has 1 N–H and O–H groups in total. The summed E-state index contributed by atoms with van der Waals surface area (Å²) in [5.74, 6) is 1.23. The van der Waals surface area contributed by atoms with Crippen molar-refractivity contribution >= 4 is 32.9 Å². The van der Waals surface area contributed by atoms with Crippen LogP contribution in [0.1, 0.15) is 0 Å². The lowest BCUT2D eigenvalue weighted by Crippen LogP contribution is -3.12. The number of aliphatic imine (C=N–C) groups is 1. The van der Waals surface area contributed by atoms with E-state index in [1.165, 1.54) is 28.9 Å². The van der Waals surface area contributed by atoms with Crippen molar-refractivity contribution in [2.24, 2.45) is 4.99 Å². The van der Waals surface area contributed by atoms with Gasteiger partial charge >= 0.3 is 0 Å². The Morgan fingerprint density at radius 3 is 3.00 bits per heavy atom. The minimum absolute atomic E-state index is 0. The maximum absolute atomic E-state index is 4.21. The second-order valence-corrected chi connectivity index (χ2v) is 4.05. The van der Waals surface area contributed by atoms with E-state index < -0.39 is 0 Å². The first-order valence-corrected chi connectivity index (χ1v) is 5.50. The average Bonchev–Trinajstić information content (AvgIpc) is 2.36. The lowest BCUT2D eigenvalue weighted by atomic mass is 10.6. The van der Waals surface area contributed by atoms with Gasteiger partial charge in [0.1, 0.15) is 0 Å². The highest BCUT2D eigenvalue weighted by atomic mass is 79.9. The maximum Gasteiger partial charge on any atom is 0.257 e. The second kappa shape index (κ2) is 6.46. The second-order valence-electron chi connectivity index (χ2n) is 2.17. The summed E-state index contributed by atoms with van der Waals surface area (Å²) in [5, 5.41) is 2.35. The molecule has 5 heteroatoms. The molecule has 1 heterocycles. The van der Waals surface area contributed by atoms with Crippen LogP contribution >= 0.6 is 27.7 Å². The van der Waals surface area contributed by atoms with Crippen LogP contribution < -0.4 is 21.9 Å². The Kier molecular flexibility index (Phi) is 7.01. The van der Waals surface area contributed by atoms with Gasteiger partial charge < -0.3 is 17.0 Å². The molecule has 1 rings (SSSR count). The predicted molar refractivity (Wildman–Crippen MR) is 50.3 cm³/mol. The first kappa shape index (κ1) is 11.9. The zero-order chi connectivity index (χ0) is 7.40. The Balaban J connectivity index is 0.000001000. The van der Waals surface area contributed by atoms with Gasteiger partial charge in [0.15, 0.2) is 0 Å². The summed E-state index contributed by atoms with van der Waals surface area (Å²) >= 11 is 5.31. The molecule has 0 aromatic rings. The van der Waals surface area contributed by atoms with Crippen molar-refractivity contribution in [2.75, 3.05) is 31.2 Å². The number of rotatable bonds is 2. The minimum atomic E-state index is 0. The zero-order valence-corrected chi connectivity index (χ0v) is 10.4. The third-order valence-corrected chi connectivity index (χ3v) is 3.09. The van der Waals surface area contributed by atoms with E-state index in [0.717, 1.165) is 5.33 Å². The summed E-state index contributed by atoms with van der Waals surface area (Å²) < 4.78 is 0. The van der Waals surface area contributed by atoms with Crippen molar-refractivity contribution in [3.8, 4) is 0 Å². The van der Waals surface area contributed by atoms with Gasteiger partial charge in [-0.25, -0.2) is 4.99 Å². The average molecular weight is 304 g/mol. The molecule has 1 unspecified atom stereocenters. The predicted octanol–water partition coefficient (Wildman–Crippen LogP) is -3.00. The standard InChI is InChI=1S/C6H11BrN2S.BrH/c1-8-6-9(3-2-7)4-5-10-6;/h2-5H2,1H3;1H. The van der Waals surface area contributed by atoms with Crippen LogP contribution in [-0.4, -0.2) is 36.4 Å². The van der Waals surface area contributed by atoms with E-state index in [2.05, 4.69) is 20.9 Å². The molecule has 66 valence electrons. The Morgan fingerprint density at radius 2 is 2.45 bits per heavy atom. The first-order valence-electron chi connectivity index (χ1n) is 3.39. The number of amidine groups is 1. The highest BCUT2D eigenvalue weighted by molar-refractivity contribution is 9.09. The van der Waals surface area contributed by atoms with Gasteiger partial charge in [0, 0.05) is 7.05 Å². The Labute approximate surface area is 90.7 Å². The summed E-state index contributed by atoms with van der Waals surface area (Å²) in [7, 11) is 1.88. The lowest BCUT2D eigenvalue weighted by Gasteiger charge is -2.08. The Morgan fingerprint density at radius 1 is 1.73 bits per heavy atom. The number of quaternary nitrogens is 1. The van der Waals surface area contributed by atoms with E-state index >= 15 is 0 Å². The molecule has 0 radical (unpaired) electrons. The van der Waals surface area contributed by atoms with Gasteiger partial charge in [-0.05, 0) is 11.8 Å². The number of thioether (sulfide) groups is 1. The molecule has 1 aliphatic heterocycles. The van der Waals surface area contributed by atoms with Crippen LogP contribution in [0.4, 0.5) is 0 Å². The number of alkyl halides is 1. The number of nitrogens with one attached hydrogen (secondary N) is 1. The topological polar surface area (TPSA) is 16.8 Å². The molecular formula is C6H12Br2N2S. The molecule has 1 aliphatic rings. The van der Waals surface area contributed by atoms with Crippen LogP contribution in [-0.2, 0) is 0 Å². The van der Waals surface area contributed by atoms with E-state index in [4.69, 9.17) is 0 Å². The van der Waals surface area contributed by atoms with Crippen LogP contribution in [0.25, 0.3) is 0 Å². The van der Waals surface area contributed by atoms with E-state index in [9.17, 15) is 0 Å². The lowest BCUT2D eigenvalue weighted by molar-refractivity contribution is -0.792. The number of hydrogen-bond acceptors (Lipinski definition) is 2. The van der Waals surface area contributed by atoms with Gasteiger partial charge in [-0.2, -0.15) is 0 Å². The highest BCUT2D eigenvalue weighted by Gasteiger charge is 2.23. The maximum atomic E-state index is 4.21. The summed E-state index contributed by atoms with van der Waals surface area (Å²) in [6, 6.07) is 0. The molecule has 0 spiro atoms. The molecule has 11 heavy (non-hydrogen) atoms. The van der Waals surface area contributed by atoms with Gasteiger partial charge in [0.2, 0.25) is 0 Å². The van der Waals surface area contributed by atoms with Crippen molar-refractivity contribution < 1.29 is 21.9 Å². The molecule has 0 saturated carbocycles. The van der Waals surface area contributed by atoms with E-state index in [-0.39, 0.29) is 17.0 Å². The third-order valence-electron chi connectivity index (χ3n) is 1.54. The molecule has 0 aliphatic carbocycles. The molecule has 0 amide bonds. The van der Waals surface area contributed by atoms with Crippen molar-refractivity contribution in [3.63, 3.8) is 0 Å². The smallest absolute Gasteiger partial charge is 0.257 e. The quantitative estimate of drug-likeness (QED) is 0.538. The van der Waals surface area contributed by atoms with Crippen LogP contribution in [0.15, 0.2) is 4.99 Å². The van der Waals surface area contributed by atoms with Crippen molar-refractivity contribution in [3.05, 3.63) is 0 Å². The molecular weight excluding hydrogens is 292 g/mol. The first-order chi connectivity index (χ1) is 4.88. The van der Waals surface area contributed by atoms with Crippen molar-refractivity contribution in [2.45, 2.75) is 0 Å². The number of hydrogen-bond donors (Lipinski definition) is 1. The molecule has 1 atom stereocenters. The molecule has 0 aromatic heterocycles. The Bertz CT molecular complexity index is 141. The molecule has 0 bridgehead atoms. The summed E-state index contributed by atoms with van der Waals surface area (Å²) in [6.07, 6.45) is 0. The van der Waals surface area contributed by atoms with E-state index in [0.29, 0.717) is 0 Å². The van der Waals surface area contributed by atoms with Gasteiger partial charge in [0.25, 0.3) is 5.17 Å². The number of nitrogens with zero attached hydrogens (tertiary/aromatic N) is 1. The minimum Gasteiger partial charge on any atom is -1.00 e. The normalized spacial score (nSPS) is 27.1. The molecule has 1 fully saturated rings. The Hall–Kier alpha value is 0.940. The largest absolute Gasteiger partial charge is 1.00 e. The third kappa shape index (κ3) is 3.44. The van der Waals surface area contributed by atoms with Gasteiger partial charge in [-0.15, -0.1) is 0 Å².